The minimum atomic E-state index is -0.508. The molecule has 4 rings (SSSR count). The first-order chi connectivity index (χ1) is 10.8. The summed E-state index contributed by atoms with van der Waals surface area (Å²) >= 11 is 3.56. The molecule has 1 saturated heterocycles. The predicted octanol–water partition coefficient (Wildman–Crippen LogP) is 4.23. The number of H-pyrrole nitrogens is 1. The number of hydrogen-bond donors (Lipinski definition) is 2. The summed E-state index contributed by atoms with van der Waals surface area (Å²) in [6.45, 7) is 5.69. The van der Waals surface area contributed by atoms with Gasteiger partial charge < -0.3 is 15.0 Å². The zero-order valence-electron chi connectivity index (χ0n) is 13.6. The third kappa shape index (κ3) is 2.50. The van der Waals surface area contributed by atoms with Gasteiger partial charge in [0.2, 0.25) is 0 Å². The van der Waals surface area contributed by atoms with E-state index in [1.807, 2.05) is 32.9 Å². The van der Waals surface area contributed by atoms with Gasteiger partial charge in [-0.1, -0.05) is 0 Å². The Hall–Kier alpha value is -1.33. The first-order valence-corrected chi connectivity index (χ1v) is 8.95. The molecule has 0 amide bonds. The third-order valence-corrected chi connectivity index (χ3v) is 5.34. The van der Waals surface area contributed by atoms with Gasteiger partial charge in [-0.3, -0.25) is 0 Å². The molecule has 2 atom stereocenters. The van der Waals surface area contributed by atoms with Crippen LogP contribution in [-0.4, -0.2) is 22.6 Å². The zero-order valence-corrected chi connectivity index (χ0v) is 15.2. The fraction of sp³-hybridized carbons (Fsp3) is 0.500. The Balaban J connectivity index is 1.92. The van der Waals surface area contributed by atoms with Crippen molar-refractivity contribution < 1.29 is 9.53 Å². The number of fused-ring (bicyclic) bond motifs is 6. The lowest BCUT2D eigenvalue weighted by Crippen LogP contribution is -2.31. The van der Waals surface area contributed by atoms with Gasteiger partial charge in [0.1, 0.15) is 5.60 Å². The van der Waals surface area contributed by atoms with E-state index in [1.54, 1.807) is 0 Å². The fourth-order valence-corrected chi connectivity index (χ4v) is 4.36. The Morgan fingerprint density at radius 3 is 2.83 bits per heavy atom. The molecule has 2 unspecified atom stereocenters. The van der Waals surface area contributed by atoms with Gasteiger partial charge in [-0.15, -0.1) is 0 Å². The highest BCUT2D eigenvalue weighted by Crippen LogP contribution is 2.42. The molecule has 5 heteroatoms. The Morgan fingerprint density at radius 1 is 1.30 bits per heavy atom. The summed E-state index contributed by atoms with van der Waals surface area (Å²) in [6.07, 6.45) is 3.33. The second-order valence-electron chi connectivity index (χ2n) is 7.56. The van der Waals surface area contributed by atoms with Crippen LogP contribution in [0.1, 0.15) is 61.3 Å². The largest absolute Gasteiger partial charge is 0.456 e. The predicted molar refractivity (Wildman–Crippen MR) is 93.8 cm³/mol. The van der Waals surface area contributed by atoms with Gasteiger partial charge in [-0.05, 0) is 67.2 Å². The van der Waals surface area contributed by atoms with E-state index < -0.39 is 5.60 Å². The van der Waals surface area contributed by atoms with Crippen LogP contribution in [0.2, 0.25) is 0 Å². The van der Waals surface area contributed by atoms with Crippen LogP contribution >= 0.6 is 15.9 Å². The smallest absolute Gasteiger partial charge is 0.340 e. The molecule has 4 nitrogen and oxygen atoms in total. The highest BCUT2D eigenvalue weighted by Gasteiger charge is 2.36. The fourth-order valence-electron chi connectivity index (χ4n) is 3.87. The van der Waals surface area contributed by atoms with E-state index in [1.165, 1.54) is 17.7 Å². The molecule has 122 valence electrons. The number of esters is 1. The van der Waals surface area contributed by atoms with Gasteiger partial charge >= 0.3 is 5.97 Å². The third-order valence-electron chi connectivity index (χ3n) is 4.68. The topological polar surface area (TPSA) is 54.1 Å². The summed E-state index contributed by atoms with van der Waals surface area (Å²) in [5.74, 6) is -0.267. The molecular weight excluding hydrogens is 356 g/mol. The second kappa shape index (κ2) is 5.08. The van der Waals surface area contributed by atoms with E-state index in [4.69, 9.17) is 4.74 Å². The molecule has 1 fully saturated rings. The van der Waals surface area contributed by atoms with Crippen LogP contribution in [0.5, 0.6) is 0 Å². The first kappa shape index (κ1) is 15.2. The number of aromatic nitrogens is 1. The molecule has 0 aliphatic carbocycles. The average Bonchev–Trinajstić information content (AvgIpc) is 2.99. The molecule has 3 heterocycles. The van der Waals surface area contributed by atoms with Crippen molar-refractivity contribution in [3.05, 3.63) is 33.4 Å². The van der Waals surface area contributed by atoms with Crippen molar-refractivity contribution in [1.82, 2.24) is 10.3 Å². The van der Waals surface area contributed by atoms with Crippen molar-refractivity contribution in [2.24, 2.45) is 0 Å². The maximum Gasteiger partial charge on any atom is 0.340 e. The summed E-state index contributed by atoms with van der Waals surface area (Å²) in [6, 6.07) is 4.87. The van der Waals surface area contributed by atoms with Crippen LogP contribution in [0.4, 0.5) is 0 Å². The van der Waals surface area contributed by atoms with Crippen molar-refractivity contribution in [2.75, 3.05) is 0 Å². The Labute approximate surface area is 144 Å². The van der Waals surface area contributed by atoms with Gasteiger partial charge in [0.15, 0.2) is 0 Å². The SMILES string of the molecule is CC(C)(C)OC(=O)c1c(Br)ccc2[nH]c3c(c12)C1CCC(C3)N1. The average molecular weight is 377 g/mol. The second-order valence-corrected chi connectivity index (χ2v) is 8.42. The molecule has 0 radical (unpaired) electrons. The lowest BCUT2D eigenvalue weighted by atomic mass is 9.96. The summed E-state index contributed by atoms with van der Waals surface area (Å²) in [5, 5.41) is 4.69. The minimum Gasteiger partial charge on any atom is -0.456 e. The van der Waals surface area contributed by atoms with Gasteiger partial charge in [0.25, 0.3) is 0 Å². The van der Waals surface area contributed by atoms with Crippen LogP contribution in [0.3, 0.4) is 0 Å². The number of benzene rings is 1. The van der Waals surface area contributed by atoms with Crippen LogP contribution in [0.15, 0.2) is 16.6 Å². The molecule has 1 aromatic heterocycles. The van der Waals surface area contributed by atoms with Crippen LogP contribution in [0.25, 0.3) is 10.9 Å². The molecule has 23 heavy (non-hydrogen) atoms. The monoisotopic (exact) mass is 376 g/mol. The number of nitrogens with one attached hydrogen (secondary N) is 2. The highest BCUT2D eigenvalue weighted by molar-refractivity contribution is 9.10. The quantitative estimate of drug-likeness (QED) is 0.732. The molecule has 1 aromatic carbocycles. The van der Waals surface area contributed by atoms with Crippen molar-refractivity contribution >= 4 is 32.8 Å². The molecule has 2 bridgehead atoms. The van der Waals surface area contributed by atoms with Crippen LogP contribution in [-0.2, 0) is 11.2 Å². The number of halogens is 1. The van der Waals surface area contributed by atoms with E-state index in [0.29, 0.717) is 17.6 Å². The number of ether oxygens (including phenoxy) is 1. The van der Waals surface area contributed by atoms with E-state index in [9.17, 15) is 4.79 Å². The molecule has 2 aliphatic rings. The van der Waals surface area contributed by atoms with Gasteiger partial charge in [0, 0.05) is 39.6 Å². The first-order valence-electron chi connectivity index (χ1n) is 8.16. The van der Waals surface area contributed by atoms with Crippen molar-refractivity contribution in [3.8, 4) is 0 Å². The number of carbonyl (C=O) groups excluding carboxylic acids is 1. The van der Waals surface area contributed by atoms with Crippen molar-refractivity contribution in [3.63, 3.8) is 0 Å². The van der Waals surface area contributed by atoms with E-state index in [0.717, 1.165) is 28.2 Å². The molecular formula is C18H21BrN2O2. The Bertz CT molecular complexity index is 803. The number of aromatic amines is 1. The maximum atomic E-state index is 12.8. The normalized spacial score (nSPS) is 23.1. The van der Waals surface area contributed by atoms with E-state index in [-0.39, 0.29) is 5.97 Å². The number of rotatable bonds is 1. The standard InChI is InChI=1S/C18H21BrN2O2/c1-18(2,3)23-17(22)14-10(19)5-7-12-16(14)15-11-6-4-9(20-11)8-13(15)21-12/h5,7,9,11,20-21H,4,6,8H2,1-3H3. The highest BCUT2D eigenvalue weighted by atomic mass is 79.9. The molecule has 0 spiro atoms. The van der Waals surface area contributed by atoms with E-state index >= 15 is 0 Å². The van der Waals surface area contributed by atoms with Gasteiger partial charge in [-0.2, -0.15) is 0 Å². The Kier molecular flexibility index (Phi) is 3.36. The molecule has 2 N–H and O–H groups in total. The number of hydrogen-bond acceptors (Lipinski definition) is 3. The molecule has 2 aromatic rings. The summed E-state index contributed by atoms with van der Waals surface area (Å²) in [5.41, 5.74) is 3.69. The van der Waals surface area contributed by atoms with Crippen LogP contribution < -0.4 is 5.32 Å². The lowest BCUT2D eigenvalue weighted by Gasteiger charge is -2.23. The number of carbonyl (C=O) groups is 1. The minimum absolute atomic E-state index is 0.267. The molecule has 0 saturated carbocycles. The molecule has 2 aliphatic heterocycles. The zero-order chi connectivity index (χ0) is 16.4. The van der Waals surface area contributed by atoms with Crippen molar-refractivity contribution in [2.45, 2.75) is 57.7 Å². The van der Waals surface area contributed by atoms with Crippen LogP contribution in [0, 0.1) is 0 Å². The van der Waals surface area contributed by atoms with Gasteiger partial charge in [-0.25, -0.2) is 4.79 Å². The van der Waals surface area contributed by atoms with Gasteiger partial charge in [0.05, 0.1) is 5.56 Å². The summed E-state index contributed by atoms with van der Waals surface area (Å²) in [4.78, 5) is 16.3. The summed E-state index contributed by atoms with van der Waals surface area (Å²) < 4.78 is 6.44. The maximum absolute atomic E-state index is 12.8. The summed E-state index contributed by atoms with van der Waals surface area (Å²) in [7, 11) is 0. The Morgan fingerprint density at radius 2 is 2.09 bits per heavy atom. The van der Waals surface area contributed by atoms with E-state index in [2.05, 4.69) is 26.2 Å². The van der Waals surface area contributed by atoms with Crippen molar-refractivity contribution in [1.29, 1.82) is 0 Å². The lowest BCUT2D eigenvalue weighted by molar-refractivity contribution is 0.00708.